The molecule has 7 nitrogen and oxygen atoms in total. The van der Waals surface area contributed by atoms with Crippen LogP contribution in [0.1, 0.15) is 43.7 Å². The van der Waals surface area contributed by atoms with Crippen LogP contribution in [-0.4, -0.2) is 53.2 Å². The number of aliphatic carboxylic acids is 1. The number of alkyl carbamates (subject to hydrolysis) is 1. The summed E-state index contributed by atoms with van der Waals surface area (Å²) in [5, 5.41) is 12.2. The fourth-order valence-corrected chi connectivity index (χ4v) is 5.82. The van der Waals surface area contributed by atoms with Crippen molar-refractivity contribution >= 4 is 18.0 Å². The van der Waals surface area contributed by atoms with Crippen LogP contribution in [0.5, 0.6) is 0 Å². The third-order valence-electron chi connectivity index (χ3n) is 7.75. The van der Waals surface area contributed by atoms with Gasteiger partial charge in [-0.05, 0) is 40.5 Å². The van der Waals surface area contributed by atoms with Gasteiger partial charge in [-0.2, -0.15) is 0 Å². The van der Waals surface area contributed by atoms with Gasteiger partial charge in [-0.25, -0.2) is 4.79 Å². The van der Waals surface area contributed by atoms with E-state index in [9.17, 15) is 19.5 Å². The van der Waals surface area contributed by atoms with Gasteiger partial charge in [0.2, 0.25) is 5.91 Å². The molecule has 1 saturated carbocycles. The predicted molar refractivity (Wildman–Crippen MR) is 126 cm³/mol. The van der Waals surface area contributed by atoms with Gasteiger partial charge in [0, 0.05) is 31.0 Å². The molecule has 34 heavy (non-hydrogen) atoms. The van der Waals surface area contributed by atoms with Crippen molar-refractivity contribution in [2.45, 2.75) is 44.7 Å². The van der Waals surface area contributed by atoms with Crippen LogP contribution in [0.3, 0.4) is 0 Å². The molecule has 0 radical (unpaired) electrons. The minimum Gasteiger partial charge on any atom is -0.481 e. The van der Waals surface area contributed by atoms with Crippen LogP contribution < -0.4 is 5.32 Å². The smallest absolute Gasteiger partial charge is 0.407 e. The molecule has 2 N–H and O–H groups in total. The number of carbonyl (C=O) groups excluding carboxylic acids is 2. The maximum absolute atomic E-state index is 12.9. The molecule has 2 amide bonds. The summed E-state index contributed by atoms with van der Waals surface area (Å²) in [6, 6.07) is 15.7. The van der Waals surface area contributed by atoms with E-state index in [2.05, 4.69) is 29.6 Å². The normalized spacial score (nSPS) is 23.1. The van der Waals surface area contributed by atoms with Crippen LogP contribution >= 0.6 is 0 Å². The third-order valence-corrected chi connectivity index (χ3v) is 7.75. The Kier molecular flexibility index (Phi) is 5.80. The number of carbonyl (C=O) groups is 3. The number of amides is 2. The van der Waals surface area contributed by atoms with E-state index in [0.29, 0.717) is 6.54 Å². The van der Waals surface area contributed by atoms with E-state index in [4.69, 9.17) is 4.74 Å². The highest BCUT2D eigenvalue weighted by Gasteiger charge is 2.57. The van der Waals surface area contributed by atoms with Crippen molar-refractivity contribution in [3.05, 3.63) is 59.7 Å². The summed E-state index contributed by atoms with van der Waals surface area (Å²) in [5.74, 6) is -1.32. The number of ether oxygens (including phenoxy) is 1. The van der Waals surface area contributed by atoms with Gasteiger partial charge in [-0.3, -0.25) is 9.59 Å². The molecule has 4 aliphatic rings. The number of rotatable bonds is 7. The quantitative estimate of drug-likeness (QED) is 0.651. The van der Waals surface area contributed by atoms with E-state index < -0.39 is 18.0 Å². The van der Waals surface area contributed by atoms with Crippen molar-refractivity contribution in [2.24, 2.45) is 17.8 Å². The molecule has 0 spiro atoms. The number of carboxylic acid groups (broad SMARTS) is 1. The summed E-state index contributed by atoms with van der Waals surface area (Å²) in [7, 11) is 0. The lowest BCUT2D eigenvalue weighted by Gasteiger charge is -2.33. The van der Waals surface area contributed by atoms with E-state index in [1.807, 2.05) is 38.1 Å². The number of hydrogen-bond acceptors (Lipinski definition) is 4. The molecule has 2 bridgehead atoms. The number of nitrogens with zero attached hydrogens (tertiary/aromatic N) is 1. The van der Waals surface area contributed by atoms with Crippen molar-refractivity contribution in [3.63, 3.8) is 0 Å². The highest BCUT2D eigenvalue weighted by atomic mass is 16.5. The van der Waals surface area contributed by atoms with Gasteiger partial charge in [0.1, 0.15) is 6.61 Å². The lowest BCUT2D eigenvalue weighted by atomic mass is 9.74. The molecule has 2 aliphatic heterocycles. The van der Waals surface area contributed by atoms with Crippen LogP contribution in [0.2, 0.25) is 0 Å². The molecule has 2 aliphatic carbocycles. The Hall–Kier alpha value is -3.35. The zero-order valence-corrected chi connectivity index (χ0v) is 19.4. The molecular formula is C27H30N2O5. The molecular weight excluding hydrogens is 432 g/mol. The van der Waals surface area contributed by atoms with Crippen LogP contribution in [0.15, 0.2) is 48.5 Å². The average Bonchev–Trinajstić information content (AvgIpc) is 3.48. The first-order valence-corrected chi connectivity index (χ1v) is 12.0. The Morgan fingerprint density at radius 3 is 2.24 bits per heavy atom. The fraction of sp³-hybridized carbons (Fsp3) is 0.444. The molecule has 178 valence electrons. The van der Waals surface area contributed by atoms with Gasteiger partial charge < -0.3 is 20.1 Å². The molecule has 2 aromatic rings. The zero-order valence-electron chi connectivity index (χ0n) is 19.4. The molecule has 4 atom stereocenters. The molecule has 3 fully saturated rings. The van der Waals surface area contributed by atoms with E-state index in [1.54, 1.807) is 4.90 Å². The first kappa shape index (κ1) is 22.4. The molecule has 2 aromatic carbocycles. The van der Waals surface area contributed by atoms with Gasteiger partial charge in [-0.15, -0.1) is 0 Å². The first-order chi connectivity index (χ1) is 16.3. The van der Waals surface area contributed by atoms with E-state index in [1.165, 1.54) is 11.1 Å². The number of carboxylic acids is 1. The fourth-order valence-electron chi connectivity index (χ4n) is 5.82. The van der Waals surface area contributed by atoms with E-state index in [0.717, 1.165) is 17.5 Å². The summed E-state index contributed by atoms with van der Waals surface area (Å²) >= 11 is 0. The molecule has 7 heteroatoms. The van der Waals surface area contributed by atoms with Gasteiger partial charge in [-0.1, -0.05) is 62.4 Å². The second-order valence-electron chi connectivity index (χ2n) is 10.00. The number of hydrogen-bond donors (Lipinski definition) is 2. The van der Waals surface area contributed by atoms with Crippen molar-refractivity contribution in [1.29, 1.82) is 0 Å². The molecule has 0 aromatic heterocycles. The molecule has 3 unspecified atom stereocenters. The summed E-state index contributed by atoms with van der Waals surface area (Å²) in [6.45, 7) is 4.61. The van der Waals surface area contributed by atoms with E-state index >= 15 is 0 Å². The number of benzene rings is 2. The van der Waals surface area contributed by atoms with Gasteiger partial charge in [0.25, 0.3) is 0 Å². The lowest BCUT2D eigenvalue weighted by molar-refractivity contribution is -0.148. The van der Waals surface area contributed by atoms with Crippen molar-refractivity contribution in [1.82, 2.24) is 10.2 Å². The summed E-state index contributed by atoms with van der Waals surface area (Å²) in [6.07, 6.45) is 0.356. The topological polar surface area (TPSA) is 95.9 Å². The van der Waals surface area contributed by atoms with Crippen molar-refractivity contribution in [2.75, 3.05) is 13.2 Å². The highest BCUT2D eigenvalue weighted by Crippen LogP contribution is 2.47. The Morgan fingerprint density at radius 2 is 1.68 bits per heavy atom. The largest absolute Gasteiger partial charge is 0.481 e. The standard InChI is InChI=1S/C27H30N2O5/c1-15(2)22(12-24(30)29-13-16-11-23(29)25(16)26(31)32)28-27(33)34-14-21-19-9-5-3-7-17(19)18-8-4-6-10-20(18)21/h3-10,15-16,21-23,25H,11-14H2,1-2H3,(H,28,33)(H,31,32)/t16?,22-,23?,25?/m0/s1. The van der Waals surface area contributed by atoms with Gasteiger partial charge >= 0.3 is 12.1 Å². The maximum Gasteiger partial charge on any atom is 0.407 e. The second kappa shape index (κ2) is 8.78. The summed E-state index contributed by atoms with van der Waals surface area (Å²) < 4.78 is 5.65. The SMILES string of the molecule is CC(C)[C@H](CC(=O)N1CC2CC1C2C(=O)O)NC(=O)OCC1c2ccccc2-c2ccccc21. The monoisotopic (exact) mass is 462 g/mol. The first-order valence-electron chi connectivity index (χ1n) is 12.0. The lowest BCUT2D eigenvalue weighted by Crippen LogP contribution is -2.47. The Labute approximate surface area is 199 Å². The maximum atomic E-state index is 12.9. The molecule has 6 rings (SSSR count). The summed E-state index contributed by atoms with van der Waals surface area (Å²) in [4.78, 5) is 38.8. The van der Waals surface area contributed by atoms with Crippen LogP contribution in [-0.2, 0) is 14.3 Å². The molecule has 2 saturated heterocycles. The van der Waals surface area contributed by atoms with Gasteiger partial charge in [0.15, 0.2) is 0 Å². The van der Waals surface area contributed by atoms with Crippen molar-refractivity contribution in [3.8, 4) is 11.1 Å². The molecule has 2 heterocycles. The van der Waals surface area contributed by atoms with Crippen LogP contribution in [0.25, 0.3) is 11.1 Å². The predicted octanol–water partition coefficient (Wildman–Crippen LogP) is 3.87. The highest BCUT2D eigenvalue weighted by molar-refractivity contribution is 5.82. The van der Waals surface area contributed by atoms with Crippen LogP contribution in [0.4, 0.5) is 4.79 Å². The Morgan fingerprint density at radius 1 is 1.06 bits per heavy atom. The number of fused-ring (bicyclic) bond motifs is 4. The Bertz CT molecular complexity index is 1080. The summed E-state index contributed by atoms with van der Waals surface area (Å²) in [5.41, 5.74) is 4.63. The minimum atomic E-state index is -0.825. The third kappa shape index (κ3) is 3.83. The van der Waals surface area contributed by atoms with Gasteiger partial charge in [0.05, 0.1) is 5.92 Å². The number of nitrogens with one attached hydrogen (secondary N) is 1. The average molecular weight is 463 g/mol. The second-order valence-corrected chi connectivity index (χ2v) is 10.00. The Balaban J connectivity index is 1.20. The van der Waals surface area contributed by atoms with Crippen molar-refractivity contribution < 1.29 is 24.2 Å². The van der Waals surface area contributed by atoms with Crippen LogP contribution in [0, 0.1) is 17.8 Å². The zero-order chi connectivity index (χ0) is 24.0. The van der Waals surface area contributed by atoms with E-state index in [-0.39, 0.29) is 48.8 Å². The minimum absolute atomic E-state index is 0.0253.